The average Bonchev–Trinajstić information content (AvgIpc) is 2.98. The van der Waals surface area contributed by atoms with E-state index in [-0.39, 0.29) is 18.5 Å². The Morgan fingerprint density at radius 1 is 1.12 bits per heavy atom. The van der Waals surface area contributed by atoms with E-state index in [1.807, 2.05) is 50.2 Å². The van der Waals surface area contributed by atoms with E-state index in [0.29, 0.717) is 24.2 Å². The number of carboxylic acid groups (broad SMARTS) is 1. The lowest BCUT2D eigenvalue weighted by atomic mass is 9.93. The van der Waals surface area contributed by atoms with Crippen molar-refractivity contribution in [2.24, 2.45) is 5.92 Å². The van der Waals surface area contributed by atoms with Gasteiger partial charge in [0.2, 0.25) is 0 Å². The first-order chi connectivity index (χ1) is 12.5. The van der Waals surface area contributed by atoms with Gasteiger partial charge in [-0.25, -0.2) is 0 Å². The van der Waals surface area contributed by atoms with Gasteiger partial charge in [0.15, 0.2) is 5.76 Å². The molecule has 2 heterocycles. The molecule has 0 bridgehead atoms. The molecular formula is C21H21NO4. The standard InChI is InChI=1S/C21H21NO4/c1-12-7-8-15(21(24)25)11-22(12)20(23)18-13(2)16-10-9-14-5-3-4-6-17(14)19(16)26-18/h3-6,9-10,12,15H,7-8,11H2,1-2H3,(H,24,25). The third-order valence-electron chi connectivity index (χ3n) is 5.51. The number of aryl methyl sites for hydroxylation is 1. The monoisotopic (exact) mass is 351 g/mol. The molecule has 0 aliphatic carbocycles. The van der Waals surface area contributed by atoms with Crippen LogP contribution in [0.25, 0.3) is 21.7 Å². The minimum atomic E-state index is -0.845. The van der Waals surface area contributed by atoms with Crippen molar-refractivity contribution < 1.29 is 19.1 Å². The summed E-state index contributed by atoms with van der Waals surface area (Å²) in [6.07, 6.45) is 1.29. The Balaban J connectivity index is 1.78. The van der Waals surface area contributed by atoms with E-state index < -0.39 is 11.9 Å². The highest BCUT2D eigenvalue weighted by Gasteiger charge is 2.35. The number of hydrogen-bond donors (Lipinski definition) is 1. The van der Waals surface area contributed by atoms with Crippen molar-refractivity contribution in [3.8, 4) is 0 Å². The minimum Gasteiger partial charge on any atom is -0.481 e. The highest BCUT2D eigenvalue weighted by Crippen LogP contribution is 2.33. The molecular weight excluding hydrogens is 330 g/mol. The van der Waals surface area contributed by atoms with Crippen LogP contribution in [0.15, 0.2) is 40.8 Å². The van der Waals surface area contributed by atoms with Crippen LogP contribution in [0.2, 0.25) is 0 Å². The summed E-state index contributed by atoms with van der Waals surface area (Å²) in [4.78, 5) is 26.2. The van der Waals surface area contributed by atoms with Gasteiger partial charge >= 0.3 is 5.97 Å². The van der Waals surface area contributed by atoms with Crippen molar-refractivity contribution in [1.29, 1.82) is 0 Å². The number of amides is 1. The number of nitrogens with zero attached hydrogens (tertiary/aromatic N) is 1. The average molecular weight is 351 g/mol. The molecule has 2 atom stereocenters. The number of benzene rings is 2. The van der Waals surface area contributed by atoms with E-state index in [9.17, 15) is 14.7 Å². The van der Waals surface area contributed by atoms with Gasteiger partial charge in [0.05, 0.1) is 5.92 Å². The van der Waals surface area contributed by atoms with Crippen LogP contribution in [0.3, 0.4) is 0 Å². The molecule has 0 spiro atoms. The number of carbonyl (C=O) groups excluding carboxylic acids is 1. The van der Waals surface area contributed by atoms with Crippen LogP contribution in [0.5, 0.6) is 0 Å². The van der Waals surface area contributed by atoms with Gasteiger partial charge in [-0.15, -0.1) is 0 Å². The smallest absolute Gasteiger partial charge is 0.308 e. The topological polar surface area (TPSA) is 70.8 Å². The van der Waals surface area contributed by atoms with Gasteiger partial charge in [-0.1, -0.05) is 36.4 Å². The van der Waals surface area contributed by atoms with Crippen LogP contribution in [0.1, 0.15) is 35.9 Å². The van der Waals surface area contributed by atoms with Gasteiger partial charge in [0.25, 0.3) is 5.91 Å². The lowest BCUT2D eigenvalue weighted by Crippen LogP contribution is -2.47. The Labute approximate surface area is 151 Å². The van der Waals surface area contributed by atoms with Crippen molar-refractivity contribution in [3.05, 3.63) is 47.7 Å². The van der Waals surface area contributed by atoms with Crippen LogP contribution in [-0.2, 0) is 4.79 Å². The summed E-state index contributed by atoms with van der Waals surface area (Å²) in [5.41, 5.74) is 1.52. The van der Waals surface area contributed by atoms with Gasteiger partial charge in [-0.05, 0) is 32.1 Å². The van der Waals surface area contributed by atoms with Crippen LogP contribution in [0.4, 0.5) is 0 Å². The summed E-state index contributed by atoms with van der Waals surface area (Å²) in [6.45, 7) is 4.08. The number of piperidine rings is 1. The number of hydrogen-bond acceptors (Lipinski definition) is 3. The predicted octanol–water partition coefficient (Wildman–Crippen LogP) is 4.22. The molecule has 26 heavy (non-hydrogen) atoms. The van der Waals surface area contributed by atoms with E-state index in [1.54, 1.807) is 4.90 Å². The Kier molecular flexibility index (Phi) is 3.94. The van der Waals surface area contributed by atoms with Gasteiger partial charge < -0.3 is 14.4 Å². The van der Waals surface area contributed by atoms with Crippen molar-refractivity contribution in [2.75, 3.05) is 6.54 Å². The van der Waals surface area contributed by atoms with E-state index in [4.69, 9.17) is 4.42 Å². The number of furan rings is 1. The summed E-state index contributed by atoms with van der Waals surface area (Å²) in [5.74, 6) is -1.27. The lowest BCUT2D eigenvalue weighted by molar-refractivity contribution is -0.143. The Morgan fingerprint density at radius 2 is 1.88 bits per heavy atom. The first-order valence-electron chi connectivity index (χ1n) is 8.92. The Morgan fingerprint density at radius 3 is 2.65 bits per heavy atom. The molecule has 2 unspecified atom stereocenters. The maximum absolute atomic E-state index is 13.1. The van der Waals surface area contributed by atoms with Gasteiger partial charge in [0, 0.05) is 28.9 Å². The zero-order chi connectivity index (χ0) is 18.4. The Hall–Kier alpha value is -2.82. The molecule has 1 amide bonds. The molecule has 1 N–H and O–H groups in total. The van der Waals surface area contributed by atoms with E-state index in [0.717, 1.165) is 21.7 Å². The predicted molar refractivity (Wildman–Crippen MR) is 99.3 cm³/mol. The number of carbonyl (C=O) groups is 2. The molecule has 3 aromatic rings. The fourth-order valence-corrected chi connectivity index (χ4v) is 3.88. The van der Waals surface area contributed by atoms with Gasteiger partial charge in [0.1, 0.15) is 5.58 Å². The fourth-order valence-electron chi connectivity index (χ4n) is 3.88. The molecule has 5 nitrogen and oxygen atoms in total. The van der Waals surface area contributed by atoms with E-state index in [2.05, 4.69) is 0 Å². The zero-order valence-electron chi connectivity index (χ0n) is 14.9. The molecule has 0 saturated carbocycles. The van der Waals surface area contributed by atoms with E-state index in [1.165, 1.54) is 0 Å². The fraction of sp³-hybridized carbons (Fsp3) is 0.333. The molecule has 1 fully saturated rings. The number of aliphatic carboxylic acids is 1. The first kappa shape index (κ1) is 16.6. The number of rotatable bonds is 2. The quantitative estimate of drug-likeness (QED) is 0.750. The zero-order valence-corrected chi connectivity index (χ0v) is 14.9. The second-order valence-electron chi connectivity index (χ2n) is 7.14. The summed E-state index contributed by atoms with van der Waals surface area (Å²) in [5, 5.41) is 12.3. The summed E-state index contributed by atoms with van der Waals surface area (Å²) in [6, 6.07) is 11.9. The second-order valence-corrected chi connectivity index (χ2v) is 7.14. The maximum Gasteiger partial charge on any atom is 0.308 e. The minimum absolute atomic E-state index is 0.00227. The van der Waals surface area contributed by atoms with Crippen molar-refractivity contribution in [2.45, 2.75) is 32.7 Å². The summed E-state index contributed by atoms with van der Waals surface area (Å²) >= 11 is 0. The molecule has 1 saturated heterocycles. The molecule has 4 rings (SSSR count). The second kappa shape index (κ2) is 6.16. The maximum atomic E-state index is 13.1. The molecule has 1 aliphatic rings. The first-order valence-corrected chi connectivity index (χ1v) is 8.92. The number of carboxylic acids is 1. The molecule has 5 heteroatoms. The normalized spacial score (nSPS) is 20.6. The van der Waals surface area contributed by atoms with Crippen LogP contribution in [-0.4, -0.2) is 34.5 Å². The van der Waals surface area contributed by atoms with Crippen LogP contribution >= 0.6 is 0 Å². The number of fused-ring (bicyclic) bond motifs is 3. The number of likely N-dealkylation sites (tertiary alicyclic amines) is 1. The van der Waals surface area contributed by atoms with Crippen LogP contribution < -0.4 is 0 Å². The van der Waals surface area contributed by atoms with E-state index >= 15 is 0 Å². The molecule has 1 aliphatic heterocycles. The van der Waals surface area contributed by atoms with Crippen molar-refractivity contribution in [3.63, 3.8) is 0 Å². The molecule has 2 aromatic carbocycles. The van der Waals surface area contributed by atoms with Crippen molar-refractivity contribution in [1.82, 2.24) is 4.90 Å². The third kappa shape index (κ3) is 2.55. The van der Waals surface area contributed by atoms with Crippen LogP contribution in [0, 0.1) is 12.8 Å². The van der Waals surface area contributed by atoms with Gasteiger partial charge in [-0.2, -0.15) is 0 Å². The third-order valence-corrected chi connectivity index (χ3v) is 5.51. The molecule has 0 radical (unpaired) electrons. The van der Waals surface area contributed by atoms with Gasteiger partial charge in [-0.3, -0.25) is 9.59 Å². The Bertz CT molecular complexity index is 1020. The summed E-state index contributed by atoms with van der Waals surface area (Å²) in [7, 11) is 0. The summed E-state index contributed by atoms with van der Waals surface area (Å²) < 4.78 is 6.03. The van der Waals surface area contributed by atoms with Crippen molar-refractivity contribution >= 4 is 33.6 Å². The lowest BCUT2D eigenvalue weighted by Gasteiger charge is -2.36. The highest BCUT2D eigenvalue weighted by molar-refractivity contribution is 6.09. The SMILES string of the molecule is Cc1c(C(=O)N2CC(C(=O)O)CCC2C)oc2c1ccc1ccccc12. The molecule has 134 valence electrons. The molecule has 1 aromatic heterocycles. The largest absolute Gasteiger partial charge is 0.481 e. The highest BCUT2D eigenvalue weighted by atomic mass is 16.4.